The van der Waals surface area contributed by atoms with Crippen molar-refractivity contribution >= 4 is 54.0 Å². The second-order valence-electron chi connectivity index (χ2n) is 3.72. The number of rotatable bonds is 5. The van der Waals surface area contributed by atoms with Crippen molar-refractivity contribution in [3.05, 3.63) is 39.9 Å². The Hall–Kier alpha value is -0.260. The maximum absolute atomic E-state index is 11.9. The molecule has 1 aromatic rings. The molecule has 0 unspecified atom stereocenters. The van der Waals surface area contributed by atoms with Crippen molar-refractivity contribution in [3.63, 3.8) is 0 Å². The molecule has 2 atom stereocenters. The van der Waals surface area contributed by atoms with Gasteiger partial charge in [-0.25, -0.2) is 8.42 Å². The summed E-state index contributed by atoms with van der Waals surface area (Å²) in [6, 6.07) is 5.27. The number of benzene rings is 1. The van der Waals surface area contributed by atoms with Crippen molar-refractivity contribution in [2.75, 3.05) is 5.75 Å². The van der Waals surface area contributed by atoms with Crippen molar-refractivity contribution in [1.82, 2.24) is 0 Å². The highest BCUT2D eigenvalue weighted by molar-refractivity contribution is 14.1. The molecule has 1 rings (SSSR count). The Morgan fingerprint density at radius 2 is 2.16 bits per heavy atom. The van der Waals surface area contributed by atoms with Gasteiger partial charge in [-0.1, -0.05) is 35.0 Å². The van der Waals surface area contributed by atoms with E-state index in [-0.39, 0.29) is 17.0 Å². The number of halogens is 2. The molecule has 19 heavy (non-hydrogen) atoms. The van der Waals surface area contributed by atoms with Gasteiger partial charge in [-0.3, -0.25) is 10.1 Å². The van der Waals surface area contributed by atoms with Crippen LogP contribution in [0.25, 0.3) is 0 Å². The van der Waals surface area contributed by atoms with Crippen LogP contribution in [0.3, 0.4) is 0 Å². The number of hydrogen-bond donors (Lipinski definition) is 1. The average molecular weight is 464 g/mol. The SMILES string of the molecule is CCS(=O)(=O)[C@@](Br)(I)[C@H](O)c1cccc([N+](=O)[O-])c1. The Morgan fingerprint density at radius 3 is 2.63 bits per heavy atom. The van der Waals surface area contributed by atoms with Crippen molar-refractivity contribution in [2.24, 2.45) is 0 Å². The van der Waals surface area contributed by atoms with Crippen LogP contribution in [0.5, 0.6) is 0 Å². The number of nitro benzene ring substituents is 1. The molecule has 0 aromatic heterocycles. The number of aliphatic hydroxyl groups is 1. The lowest BCUT2D eigenvalue weighted by Crippen LogP contribution is -2.33. The summed E-state index contributed by atoms with van der Waals surface area (Å²) < 4.78 is 22.2. The van der Waals surface area contributed by atoms with Crippen LogP contribution in [0, 0.1) is 10.1 Å². The second-order valence-corrected chi connectivity index (χ2v) is 11.9. The third-order valence-electron chi connectivity index (χ3n) is 2.51. The van der Waals surface area contributed by atoms with Gasteiger partial charge in [-0.15, -0.1) is 0 Å². The molecular weight excluding hydrogens is 453 g/mol. The molecule has 6 nitrogen and oxygen atoms in total. The summed E-state index contributed by atoms with van der Waals surface area (Å²) in [4.78, 5) is 10.1. The molecule has 0 aliphatic rings. The topological polar surface area (TPSA) is 97.5 Å². The van der Waals surface area contributed by atoms with Gasteiger partial charge in [-0.2, -0.15) is 0 Å². The second kappa shape index (κ2) is 6.02. The zero-order valence-electron chi connectivity index (χ0n) is 9.79. The largest absolute Gasteiger partial charge is 0.385 e. The van der Waals surface area contributed by atoms with Crippen LogP contribution >= 0.6 is 38.5 Å². The van der Waals surface area contributed by atoms with Crippen LogP contribution in [0.15, 0.2) is 24.3 Å². The number of hydrogen-bond acceptors (Lipinski definition) is 5. The standard InChI is InChI=1S/C10H11BrINO5S/c1-2-19(17,18)10(11,12)9(14)7-4-3-5-8(6-7)13(15)16/h3-6,9,14H,2H2,1H3/t9-,10+/m1/s1. The fourth-order valence-electron chi connectivity index (χ4n) is 1.36. The maximum atomic E-state index is 11.9. The third kappa shape index (κ3) is 3.44. The summed E-state index contributed by atoms with van der Waals surface area (Å²) >= 11 is 4.59. The van der Waals surface area contributed by atoms with E-state index >= 15 is 0 Å². The molecule has 0 radical (unpaired) electrons. The maximum Gasteiger partial charge on any atom is 0.269 e. The van der Waals surface area contributed by atoms with Crippen LogP contribution in [0.4, 0.5) is 5.69 Å². The summed E-state index contributed by atoms with van der Waals surface area (Å²) in [6.07, 6.45) is -1.42. The Kier molecular flexibility index (Phi) is 5.32. The Bertz CT molecular complexity index is 589. The average Bonchev–Trinajstić information content (AvgIpc) is 2.37. The minimum atomic E-state index is -3.59. The van der Waals surface area contributed by atoms with Gasteiger partial charge in [0.2, 0.25) is 1.66 Å². The van der Waals surface area contributed by atoms with E-state index in [2.05, 4.69) is 15.9 Å². The van der Waals surface area contributed by atoms with E-state index in [1.807, 2.05) is 0 Å². The molecular formula is C10H11BrINO5S. The number of alkyl halides is 2. The van der Waals surface area contributed by atoms with Crippen molar-refractivity contribution in [2.45, 2.75) is 14.7 Å². The van der Waals surface area contributed by atoms with Gasteiger partial charge in [0.05, 0.1) is 4.92 Å². The molecule has 0 saturated heterocycles. The zero-order chi connectivity index (χ0) is 14.8. The molecule has 0 fully saturated rings. The molecule has 0 aliphatic heterocycles. The van der Waals surface area contributed by atoms with Gasteiger partial charge in [0.15, 0.2) is 9.84 Å². The monoisotopic (exact) mass is 463 g/mol. The number of nitrogens with zero attached hydrogens (tertiary/aromatic N) is 1. The van der Waals surface area contributed by atoms with Crippen molar-refractivity contribution < 1.29 is 18.4 Å². The lowest BCUT2D eigenvalue weighted by Gasteiger charge is -2.26. The smallest absolute Gasteiger partial charge is 0.269 e. The van der Waals surface area contributed by atoms with Gasteiger partial charge in [0.1, 0.15) is 6.10 Å². The molecule has 0 saturated carbocycles. The Morgan fingerprint density at radius 1 is 1.58 bits per heavy atom. The summed E-state index contributed by atoms with van der Waals surface area (Å²) in [6.45, 7) is 1.46. The van der Waals surface area contributed by atoms with Gasteiger partial charge in [-0.05, 0) is 28.2 Å². The summed E-state index contributed by atoms with van der Waals surface area (Å²) in [5, 5.41) is 20.8. The van der Waals surface area contributed by atoms with Crippen molar-refractivity contribution in [1.29, 1.82) is 0 Å². The lowest BCUT2D eigenvalue weighted by molar-refractivity contribution is -0.385. The first-order chi connectivity index (χ1) is 8.63. The van der Waals surface area contributed by atoms with Gasteiger partial charge in [0, 0.05) is 17.9 Å². The van der Waals surface area contributed by atoms with E-state index in [1.165, 1.54) is 25.1 Å². The molecule has 0 spiro atoms. The third-order valence-corrected chi connectivity index (χ3v) is 8.84. The molecule has 9 heteroatoms. The fraction of sp³-hybridized carbons (Fsp3) is 0.400. The molecule has 0 amide bonds. The van der Waals surface area contributed by atoms with E-state index in [9.17, 15) is 23.6 Å². The fourth-order valence-corrected chi connectivity index (χ4v) is 4.47. The summed E-state index contributed by atoms with van der Waals surface area (Å²) in [5.41, 5.74) is -0.0392. The molecule has 1 aromatic carbocycles. The predicted molar refractivity (Wildman–Crippen MR) is 83.2 cm³/mol. The minimum absolute atomic E-state index is 0.160. The van der Waals surface area contributed by atoms with Gasteiger partial charge >= 0.3 is 0 Å². The first-order valence-corrected chi connectivity index (χ1v) is 8.68. The van der Waals surface area contributed by atoms with E-state index in [0.717, 1.165) is 6.07 Å². The minimum Gasteiger partial charge on any atom is -0.385 e. The number of non-ortho nitro benzene ring substituents is 1. The number of nitro groups is 1. The molecule has 106 valence electrons. The summed E-state index contributed by atoms with van der Waals surface area (Å²) in [5.74, 6) is -0.160. The molecule has 0 aliphatic carbocycles. The highest BCUT2D eigenvalue weighted by atomic mass is 127. The highest BCUT2D eigenvalue weighted by Crippen LogP contribution is 2.45. The summed E-state index contributed by atoms with van der Waals surface area (Å²) in [7, 11) is -3.59. The van der Waals surface area contributed by atoms with Gasteiger partial charge in [0.25, 0.3) is 5.69 Å². The Balaban J connectivity index is 3.24. The molecule has 0 bridgehead atoms. The normalized spacial score (nSPS) is 16.6. The van der Waals surface area contributed by atoms with Crippen LogP contribution < -0.4 is 0 Å². The number of sulfone groups is 1. The first-order valence-electron chi connectivity index (χ1n) is 5.16. The van der Waals surface area contributed by atoms with Crippen LogP contribution in [0.2, 0.25) is 0 Å². The van der Waals surface area contributed by atoms with Crippen LogP contribution in [0.1, 0.15) is 18.6 Å². The van der Waals surface area contributed by atoms with Crippen LogP contribution in [-0.4, -0.2) is 25.9 Å². The van der Waals surface area contributed by atoms with Gasteiger partial charge < -0.3 is 5.11 Å². The molecule has 1 N–H and O–H groups in total. The predicted octanol–water partition coefficient (Wildman–Crippen LogP) is 2.55. The first kappa shape index (κ1) is 16.8. The van der Waals surface area contributed by atoms with E-state index in [0.29, 0.717) is 0 Å². The Labute approximate surface area is 132 Å². The lowest BCUT2D eigenvalue weighted by atomic mass is 10.1. The van der Waals surface area contributed by atoms with E-state index in [1.54, 1.807) is 22.6 Å². The zero-order valence-corrected chi connectivity index (χ0v) is 14.3. The highest BCUT2D eigenvalue weighted by Gasteiger charge is 2.45. The van der Waals surface area contributed by atoms with E-state index in [4.69, 9.17) is 0 Å². The van der Waals surface area contributed by atoms with Crippen molar-refractivity contribution in [3.8, 4) is 0 Å². The van der Waals surface area contributed by atoms with Crippen LogP contribution in [-0.2, 0) is 9.84 Å². The number of aliphatic hydroxyl groups excluding tert-OH is 1. The van der Waals surface area contributed by atoms with E-state index < -0.39 is 22.5 Å². The molecule has 0 heterocycles. The quantitative estimate of drug-likeness (QED) is 0.313.